The summed E-state index contributed by atoms with van der Waals surface area (Å²) in [5, 5.41) is 6.61. The molecule has 4 heteroatoms. The van der Waals surface area contributed by atoms with E-state index in [2.05, 4.69) is 35.5 Å². The lowest BCUT2D eigenvalue weighted by molar-refractivity contribution is 0.119. The van der Waals surface area contributed by atoms with Crippen molar-refractivity contribution in [2.45, 2.75) is 51.8 Å². The highest BCUT2D eigenvalue weighted by Gasteiger charge is 2.20. The van der Waals surface area contributed by atoms with Crippen LogP contribution in [0.5, 0.6) is 5.75 Å². The van der Waals surface area contributed by atoms with E-state index in [1.807, 2.05) is 18.2 Å². The molecule has 1 fully saturated rings. The Morgan fingerprint density at radius 2 is 2.10 bits per heavy atom. The number of aliphatic imine (C=N–C) groups is 1. The van der Waals surface area contributed by atoms with E-state index in [1.54, 1.807) is 7.05 Å². The van der Waals surface area contributed by atoms with Crippen molar-refractivity contribution in [1.82, 2.24) is 10.6 Å². The number of hydrogen-bond acceptors (Lipinski definition) is 2. The Bertz CT molecular complexity index is 453. The summed E-state index contributed by atoms with van der Waals surface area (Å²) in [6.07, 6.45) is 4.05. The second-order valence-electron chi connectivity index (χ2n) is 5.50. The van der Waals surface area contributed by atoms with E-state index in [0.29, 0.717) is 12.1 Å². The van der Waals surface area contributed by atoms with Crippen LogP contribution < -0.4 is 15.4 Å². The first-order valence-corrected chi connectivity index (χ1v) is 7.40. The van der Waals surface area contributed by atoms with E-state index in [4.69, 9.17) is 4.74 Å². The molecule has 0 spiro atoms. The monoisotopic (exact) mass is 275 g/mol. The van der Waals surface area contributed by atoms with E-state index >= 15 is 0 Å². The normalized spacial score (nSPS) is 15.9. The Balaban J connectivity index is 1.94. The van der Waals surface area contributed by atoms with Crippen LogP contribution in [0.3, 0.4) is 0 Å². The SMILES string of the molecule is CN=C(NCc1ccccc1OC1CCC1)NC(C)C. The quantitative estimate of drug-likeness (QED) is 0.641. The number of para-hydroxylation sites is 1. The molecule has 0 bridgehead atoms. The van der Waals surface area contributed by atoms with Crippen molar-refractivity contribution < 1.29 is 4.74 Å². The van der Waals surface area contributed by atoms with Crippen molar-refractivity contribution in [3.8, 4) is 5.75 Å². The maximum atomic E-state index is 6.03. The lowest BCUT2D eigenvalue weighted by Crippen LogP contribution is -2.40. The third kappa shape index (κ3) is 4.15. The van der Waals surface area contributed by atoms with Crippen molar-refractivity contribution in [2.24, 2.45) is 4.99 Å². The van der Waals surface area contributed by atoms with Crippen molar-refractivity contribution >= 4 is 5.96 Å². The third-order valence-electron chi connectivity index (χ3n) is 3.41. The van der Waals surface area contributed by atoms with Gasteiger partial charge < -0.3 is 15.4 Å². The zero-order chi connectivity index (χ0) is 14.4. The van der Waals surface area contributed by atoms with Gasteiger partial charge in [0.25, 0.3) is 0 Å². The van der Waals surface area contributed by atoms with Crippen LogP contribution in [0.1, 0.15) is 38.7 Å². The number of benzene rings is 1. The van der Waals surface area contributed by atoms with E-state index in [-0.39, 0.29) is 0 Å². The molecule has 2 N–H and O–H groups in total. The number of hydrogen-bond donors (Lipinski definition) is 2. The molecule has 0 unspecified atom stereocenters. The van der Waals surface area contributed by atoms with Gasteiger partial charge in [-0.25, -0.2) is 0 Å². The van der Waals surface area contributed by atoms with Crippen LogP contribution in [0.4, 0.5) is 0 Å². The molecule has 2 rings (SSSR count). The fraction of sp³-hybridized carbons (Fsp3) is 0.562. The van der Waals surface area contributed by atoms with E-state index < -0.39 is 0 Å². The van der Waals surface area contributed by atoms with E-state index in [9.17, 15) is 0 Å². The second kappa shape index (κ2) is 7.17. The molecule has 4 nitrogen and oxygen atoms in total. The smallest absolute Gasteiger partial charge is 0.191 e. The molecule has 1 aromatic carbocycles. The first-order chi connectivity index (χ1) is 9.69. The van der Waals surface area contributed by atoms with Gasteiger partial charge in [-0.2, -0.15) is 0 Å². The minimum Gasteiger partial charge on any atom is -0.490 e. The van der Waals surface area contributed by atoms with Gasteiger partial charge in [-0.15, -0.1) is 0 Å². The maximum Gasteiger partial charge on any atom is 0.191 e. The number of nitrogens with one attached hydrogen (secondary N) is 2. The standard InChI is InChI=1S/C16H25N3O/c1-12(2)19-16(17-3)18-11-13-7-4-5-10-15(13)20-14-8-6-9-14/h4-5,7,10,12,14H,6,8-9,11H2,1-3H3,(H2,17,18,19). The van der Waals surface area contributed by atoms with Gasteiger partial charge in [-0.3, -0.25) is 4.99 Å². The van der Waals surface area contributed by atoms with Crippen LogP contribution in [0.15, 0.2) is 29.3 Å². The number of guanidine groups is 1. The summed E-state index contributed by atoms with van der Waals surface area (Å²) in [7, 11) is 1.79. The Hall–Kier alpha value is -1.71. The summed E-state index contributed by atoms with van der Waals surface area (Å²) in [4.78, 5) is 4.21. The lowest BCUT2D eigenvalue weighted by atomic mass is 9.96. The van der Waals surface area contributed by atoms with Gasteiger partial charge in [0.15, 0.2) is 5.96 Å². The Morgan fingerprint density at radius 3 is 2.70 bits per heavy atom. The van der Waals surface area contributed by atoms with E-state index in [1.165, 1.54) is 24.8 Å². The minimum absolute atomic E-state index is 0.364. The zero-order valence-corrected chi connectivity index (χ0v) is 12.6. The van der Waals surface area contributed by atoms with Gasteiger partial charge in [0, 0.05) is 25.2 Å². The predicted molar refractivity (Wildman–Crippen MR) is 83.2 cm³/mol. The van der Waals surface area contributed by atoms with Crippen LogP contribution >= 0.6 is 0 Å². The molecule has 1 saturated carbocycles. The molecular formula is C16H25N3O. The van der Waals surface area contributed by atoms with Gasteiger partial charge in [-0.05, 0) is 39.2 Å². The van der Waals surface area contributed by atoms with Gasteiger partial charge in [0.05, 0.1) is 6.10 Å². The number of rotatable bonds is 5. The molecule has 110 valence electrons. The average Bonchev–Trinajstić information content (AvgIpc) is 2.39. The van der Waals surface area contributed by atoms with Crippen LogP contribution in [-0.2, 0) is 6.54 Å². The van der Waals surface area contributed by atoms with Crippen LogP contribution in [-0.4, -0.2) is 25.2 Å². The lowest BCUT2D eigenvalue weighted by Gasteiger charge is -2.27. The number of nitrogens with zero attached hydrogens (tertiary/aromatic N) is 1. The highest BCUT2D eigenvalue weighted by atomic mass is 16.5. The Morgan fingerprint density at radius 1 is 1.35 bits per heavy atom. The highest BCUT2D eigenvalue weighted by molar-refractivity contribution is 5.79. The summed E-state index contributed by atoms with van der Waals surface area (Å²) in [6, 6.07) is 8.59. The average molecular weight is 275 g/mol. The predicted octanol–water partition coefficient (Wildman–Crippen LogP) is 2.69. The fourth-order valence-electron chi connectivity index (χ4n) is 2.08. The topological polar surface area (TPSA) is 45.7 Å². The second-order valence-corrected chi connectivity index (χ2v) is 5.50. The minimum atomic E-state index is 0.364. The molecule has 0 aliphatic heterocycles. The van der Waals surface area contributed by atoms with Gasteiger partial charge in [-0.1, -0.05) is 18.2 Å². The van der Waals surface area contributed by atoms with Gasteiger partial charge >= 0.3 is 0 Å². The van der Waals surface area contributed by atoms with Crippen molar-refractivity contribution in [3.63, 3.8) is 0 Å². The first-order valence-electron chi connectivity index (χ1n) is 7.40. The summed E-state index contributed by atoms with van der Waals surface area (Å²) in [5.74, 6) is 1.81. The molecule has 1 aliphatic carbocycles. The molecule has 0 aromatic heterocycles. The molecule has 1 aromatic rings. The molecule has 0 atom stereocenters. The first kappa shape index (κ1) is 14.7. The Labute approximate surface area is 121 Å². The molecule has 0 radical (unpaired) electrons. The van der Waals surface area contributed by atoms with E-state index in [0.717, 1.165) is 18.3 Å². The zero-order valence-electron chi connectivity index (χ0n) is 12.6. The van der Waals surface area contributed by atoms with Crippen LogP contribution in [0.25, 0.3) is 0 Å². The molecule has 1 aliphatic rings. The fourth-order valence-corrected chi connectivity index (χ4v) is 2.08. The summed E-state index contributed by atoms with van der Waals surface area (Å²) >= 11 is 0. The largest absolute Gasteiger partial charge is 0.490 e. The highest BCUT2D eigenvalue weighted by Crippen LogP contribution is 2.27. The van der Waals surface area contributed by atoms with Crippen molar-refractivity contribution in [3.05, 3.63) is 29.8 Å². The van der Waals surface area contributed by atoms with Crippen LogP contribution in [0.2, 0.25) is 0 Å². The van der Waals surface area contributed by atoms with Crippen molar-refractivity contribution in [2.75, 3.05) is 7.05 Å². The third-order valence-corrected chi connectivity index (χ3v) is 3.41. The van der Waals surface area contributed by atoms with Gasteiger partial charge in [0.1, 0.15) is 5.75 Å². The molecule has 0 amide bonds. The molecule has 20 heavy (non-hydrogen) atoms. The molecule has 0 saturated heterocycles. The Kier molecular flexibility index (Phi) is 5.27. The molecular weight excluding hydrogens is 250 g/mol. The van der Waals surface area contributed by atoms with Crippen molar-refractivity contribution in [1.29, 1.82) is 0 Å². The summed E-state index contributed by atoms with van der Waals surface area (Å²) < 4.78 is 6.03. The van der Waals surface area contributed by atoms with Crippen LogP contribution in [0, 0.1) is 0 Å². The molecule has 0 heterocycles. The number of ether oxygens (including phenoxy) is 1. The van der Waals surface area contributed by atoms with Gasteiger partial charge in [0.2, 0.25) is 0 Å². The summed E-state index contributed by atoms with van der Waals surface area (Å²) in [5.41, 5.74) is 1.17. The summed E-state index contributed by atoms with van der Waals surface area (Å²) in [6.45, 7) is 4.91. The maximum absolute atomic E-state index is 6.03.